The number of rotatable bonds is 2. The average Bonchev–Trinajstić information content (AvgIpc) is 3.06. The molecule has 0 spiro atoms. The number of nitrogens with one attached hydrogen (secondary N) is 1. The summed E-state index contributed by atoms with van der Waals surface area (Å²) in [5.41, 5.74) is 0. The third-order valence-electron chi connectivity index (χ3n) is 3.75. The molecule has 6 heteroatoms. The highest BCUT2D eigenvalue weighted by molar-refractivity contribution is 5.88. The maximum absolute atomic E-state index is 12.5. The zero-order chi connectivity index (χ0) is 14.7. The summed E-state index contributed by atoms with van der Waals surface area (Å²) in [7, 11) is 0. The van der Waals surface area contributed by atoms with E-state index < -0.39 is 0 Å². The van der Waals surface area contributed by atoms with E-state index in [1.807, 2.05) is 17.0 Å². The van der Waals surface area contributed by atoms with E-state index in [1.54, 1.807) is 19.3 Å². The summed E-state index contributed by atoms with van der Waals surface area (Å²) in [5.74, 6) is 1.95. The van der Waals surface area contributed by atoms with Crippen molar-refractivity contribution in [2.24, 2.45) is 0 Å². The summed E-state index contributed by atoms with van der Waals surface area (Å²) in [6.45, 7) is 2.51. The number of urea groups is 1. The van der Waals surface area contributed by atoms with Crippen molar-refractivity contribution in [3.8, 4) is 0 Å². The molecule has 2 aromatic heterocycles. The molecular formula is C15H19N3O3. The smallest absolute Gasteiger partial charge is 0.323 e. The Morgan fingerprint density at radius 1 is 1.43 bits per heavy atom. The normalized spacial score (nSPS) is 19.3. The van der Waals surface area contributed by atoms with Gasteiger partial charge in [-0.2, -0.15) is 0 Å². The van der Waals surface area contributed by atoms with Crippen LogP contribution in [0.4, 0.5) is 10.6 Å². The van der Waals surface area contributed by atoms with E-state index in [2.05, 4.69) is 10.5 Å². The van der Waals surface area contributed by atoms with Gasteiger partial charge in [0.15, 0.2) is 5.82 Å². The molecule has 6 nitrogen and oxygen atoms in total. The number of nitrogens with zero attached hydrogens (tertiary/aromatic N) is 2. The topological polar surface area (TPSA) is 71.5 Å². The molecule has 0 aromatic carbocycles. The van der Waals surface area contributed by atoms with Gasteiger partial charge in [0.1, 0.15) is 11.5 Å². The Bertz CT molecular complexity index is 591. The highest BCUT2D eigenvalue weighted by atomic mass is 16.5. The summed E-state index contributed by atoms with van der Waals surface area (Å²) in [5, 5.41) is 6.60. The van der Waals surface area contributed by atoms with Crippen LogP contribution in [0.25, 0.3) is 0 Å². The van der Waals surface area contributed by atoms with Crippen LogP contribution in [-0.2, 0) is 0 Å². The molecule has 0 aliphatic carbocycles. The largest absolute Gasteiger partial charge is 0.467 e. The number of amides is 2. The lowest BCUT2D eigenvalue weighted by molar-refractivity contribution is 0.179. The average molecular weight is 289 g/mol. The molecular weight excluding hydrogens is 270 g/mol. The molecule has 1 aliphatic rings. The standard InChI is InChI=1S/C15H19N3O3/c1-11-10-14(17-21-11)16-15(19)18-8-4-2-3-6-12(18)13-7-5-9-20-13/h5,7,9-10,12H,2-4,6,8H2,1H3,(H,16,17,19). The first-order valence-electron chi connectivity index (χ1n) is 7.28. The lowest BCUT2D eigenvalue weighted by Gasteiger charge is -2.28. The van der Waals surface area contributed by atoms with Crippen molar-refractivity contribution >= 4 is 11.8 Å². The van der Waals surface area contributed by atoms with Crippen molar-refractivity contribution in [3.05, 3.63) is 36.0 Å². The molecule has 1 fully saturated rings. The summed E-state index contributed by atoms with van der Waals surface area (Å²) < 4.78 is 10.5. The molecule has 1 aliphatic heterocycles. The van der Waals surface area contributed by atoms with E-state index in [4.69, 9.17) is 8.94 Å². The quantitative estimate of drug-likeness (QED) is 0.914. The number of carbonyl (C=O) groups is 1. The van der Waals surface area contributed by atoms with Gasteiger partial charge in [0, 0.05) is 12.6 Å². The van der Waals surface area contributed by atoms with Gasteiger partial charge in [0.25, 0.3) is 0 Å². The first kappa shape index (κ1) is 13.7. The molecule has 112 valence electrons. The minimum Gasteiger partial charge on any atom is -0.467 e. The molecule has 1 unspecified atom stereocenters. The number of hydrogen-bond donors (Lipinski definition) is 1. The molecule has 0 radical (unpaired) electrons. The van der Waals surface area contributed by atoms with E-state index in [0.717, 1.165) is 31.4 Å². The maximum atomic E-state index is 12.5. The third kappa shape index (κ3) is 3.09. The summed E-state index contributed by atoms with van der Waals surface area (Å²) >= 11 is 0. The van der Waals surface area contributed by atoms with Gasteiger partial charge < -0.3 is 13.8 Å². The van der Waals surface area contributed by atoms with Gasteiger partial charge in [-0.3, -0.25) is 5.32 Å². The second-order valence-electron chi connectivity index (χ2n) is 5.33. The first-order chi connectivity index (χ1) is 10.2. The van der Waals surface area contributed by atoms with Crippen molar-refractivity contribution in [3.63, 3.8) is 0 Å². The Morgan fingerprint density at radius 3 is 3.05 bits per heavy atom. The molecule has 1 saturated heterocycles. The van der Waals surface area contributed by atoms with E-state index in [-0.39, 0.29) is 12.1 Å². The fourth-order valence-corrected chi connectivity index (χ4v) is 2.73. The number of likely N-dealkylation sites (tertiary alicyclic amines) is 1. The number of hydrogen-bond acceptors (Lipinski definition) is 4. The van der Waals surface area contributed by atoms with Crippen molar-refractivity contribution < 1.29 is 13.7 Å². The first-order valence-corrected chi connectivity index (χ1v) is 7.28. The van der Waals surface area contributed by atoms with Gasteiger partial charge in [0.2, 0.25) is 0 Å². The van der Waals surface area contributed by atoms with Crippen LogP contribution in [0.2, 0.25) is 0 Å². The Labute approximate surface area is 123 Å². The number of carbonyl (C=O) groups excluding carboxylic acids is 1. The molecule has 1 N–H and O–H groups in total. The van der Waals surface area contributed by atoms with Crippen molar-refractivity contribution in [2.45, 2.75) is 38.6 Å². The third-order valence-corrected chi connectivity index (χ3v) is 3.75. The molecule has 3 rings (SSSR count). The molecule has 3 heterocycles. The summed E-state index contributed by atoms with van der Waals surface area (Å²) in [6, 6.07) is 5.31. The monoisotopic (exact) mass is 289 g/mol. The Kier molecular flexibility index (Phi) is 3.94. The van der Waals surface area contributed by atoms with E-state index in [9.17, 15) is 4.79 Å². The van der Waals surface area contributed by atoms with Gasteiger partial charge in [-0.25, -0.2) is 4.79 Å². The zero-order valence-electron chi connectivity index (χ0n) is 12.0. The Balaban J connectivity index is 1.77. The summed E-state index contributed by atoms with van der Waals surface area (Å²) in [4.78, 5) is 14.4. The number of anilines is 1. The molecule has 2 amide bonds. The van der Waals surface area contributed by atoms with Gasteiger partial charge in [0.05, 0.1) is 12.3 Å². The minimum atomic E-state index is -0.161. The molecule has 0 bridgehead atoms. The van der Waals surface area contributed by atoms with E-state index >= 15 is 0 Å². The van der Waals surface area contributed by atoms with Crippen LogP contribution in [0.15, 0.2) is 33.4 Å². The SMILES string of the molecule is Cc1cc(NC(=O)N2CCCCCC2c2ccco2)no1. The minimum absolute atomic E-state index is 0.0181. The van der Waals surface area contributed by atoms with Crippen LogP contribution in [0, 0.1) is 6.92 Å². The van der Waals surface area contributed by atoms with Crippen LogP contribution in [-0.4, -0.2) is 22.6 Å². The predicted octanol–water partition coefficient (Wildman–Crippen LogP) is 3.73. The molecule has 2 aromatic rings. The second kappa shape index (κ2) is 6.03. The van der Waals surface area contributed by atoms with Gasteiger partial charge in [-0.15, -0.1) is 0 Å². The van der Waals surface area contributed by atoms with Gasteiger partial charge >= 0.3 is 6.03 Å². The van der Waals surface area contributed by atoms with Crippen LogP contribution in [0.5, 0.6) is 0 Å². The van der Waals surface area contributed by atoms with Crippen LogP contribution in [0.1, 0.15) is 43.2 Å². The fraction of sp³-hybridized carbons (Fsp3) is 0.467. The predicted molar refractivity (Wildman–Crippen MR) is 76.9 cm³/mol. The van der Waals surface area contributed by atoms with E-state index in [0.29, 0.717) is 18.1 Å². The lowest BCUT2D eigenvalue weighted by atomic mass is 10.1. The van der Waals surface area contributed by atoms with Gasteiger partial charge in [-0.1, -0.05) is 18.0 Å². The fourth-order valence-electron chi connectivity index (χ4n) is 2.73. The van der Waals surface area contributed by atoms with Crippen LogP contribution in [0.3, 0.4) is 0 Å². The van der Waals surface area contributed by atoms with Crippen molar-refractivity contribution in [1.29, 1.82) is 0 Å². The molecule has 21 heavy (non-hydrogen) atoms. The summed E-state index contributed by atoms with van der Waals surface area (Å²) in [6.07, 6.45) is 5.79. The number of furan rings is 1. The zero-order valence-corrected chi connectivity index (χ0v) is 12.0. The van der Waals surface area contributed by atoms with E-state index in [1.165, 1.54) is 0 Å². The maximum Gasteiger partial charge on any atom is 0.323 e. The van der Waals surface area contributed by atoms with Crippen LogP contribution < -0.4 is 5.32 Å². The Morgan fingerprint density at radius 2 is 2.33 bits per heavy atom. The van der Waals surface area contributed by atoms with Crippen LogP contribution >= 0.6 is 0 Å². The van der Waals surface area contributed by atoms with Crippen molar-refractivity contribution in [1.82, 2.24) is 10.1 Å². The van der Waals surface area contributed by atoms with Crippen molar-refractivity contribution in [2.75, 3.05) is 11.9 Å². The second-order valence-corrected chi connectivity index (χ2v) is 5.33. The molecule has 1 atom stereocenters. The lowest BCUT2D eigenvalue weighted by Crippen LogP contribution is -2.38. The Hall–Kier alpha value is -2.24. The van der Waals surface area contributed by atoms with Gasteiger partial charge in [-0.05, 0) is 31.9 Å². The molecule has 0 saturated carbocycles. The number of aryl methyl sites for hydroxylation is 1. The highest BCUT2D eigenvalue weighted by Crippen LogP contribution is 2.30. The number of aromatic nitrogens is 1. The highest BCUT2D eigenvalue weighted by Gasteiger charge is 2.29.